The molecular weight excluding hydrogens is 381 g/mol. The summed E-state index contributed by atoms with van der Waals surface area (Å²) in [6.07, 6.45) is -3.55. The zero-order valence-electron chi connectivity index (χ0n) is 16.8. The van der Waals surface area contributed by atoms with E-state index in [0.29, 0.717) is 31.2 Å². The summed E-state index contributed by atoms with van der Waals surface area (Å²) in [7, 11) is 1.55. The van der Waals surface area contributed by atoms with E-state index in [1.54, 1.807) is 31.4 Å². The number of hydrogen-bond acceptors (Lipinski definition) is 4. The van der Waals surface area contributed by atoms with Crippen molar-refractivity contribution in [1.29, 1.82) is 0 Å². The van der Waals surface area contributed by atoms with Crippen molar-refractivity contribution in [2.45, 2.75) is 25.6 Å². The highest BCUT2D eigenvalue weighted by molar-refractivity contribution is 5.47. The van der Waals surface area contributed by atoms with Gasteiger partial charge in [0.05, 0.1) is 25.3 Å². The average molecular weight is 408 g/mol. The van der Waals surface area contributed by atoms with Crippen molar-refractivity contribution in [2.75, 3.05) is 39.9 Å². The molecule has 2 aromatic carbocycles. The van der Waals surface area contributed by atoms with Gasteiger partial charge in [-0.1, -0.05) is 24.3 Å². The first kappa shape index (κ1) is 21.5. The van der Waals surface area contributed by atoms with Gasteiger partial charge in [-0.2, -0.15) is 13.2 Å². The van der Waals surface area contributed by atoms with Gasteiger partial charge in [0.1, 0.15) is 0 Å². The van der Waals surface area contributed by atoms with E-state index in [9.17, 15) is 13.2 Å². The first-order chi connectivity index (χ1) is 14.0. The molecule has 0 bridgehead atoms. The molecule has 1 saturated heterocycles. The van der Waals surface area contributed by atoms with E-state index in [2.05, 4.69) is 10.2 Å². The van der Waals surface area contributed by atoms with Crippen LogP contribution in [0.1, 0.15) is 36.1 Å². The molecule has 1 unspecified atom stereocenters. The molecule has 1 atom stereocenters. The topological polar surface area (TPSA) is 33.7 Å². The van der Waals surface area contributed by atoms with Crippen LogP contribution >= 0.6 is 0 Å². The summed E-state index contributed by atoms with van der Waals surface area (Å²) in [6, 6.07) is 10.7. The van der Waals surface area contributed by atoms with E-state index in [4.69, 9.17) is 9.47 Å². The highest BCUT2D eigenvalue weighted by Gasteiger charge is 2.37. The number of methoxy groups -OCH3 is 1. The second-order valence-electron chi connectivity index (χ2n) is 6.97. The van der Waals surface area contributed by atoms with E-state index in [1.165, 1.54) is 6.07 Å². The summed E-state index contributed by atoms with van der Waals surface area (Å²) < 4.78 is 52.5. The molecule has 7 heteroatoms. The maximum atomic E-state index is 13.8. The van der Waals surface area contributed by atoms with Crippen LogP contribution < -0.4 is 14.8 Å². The monoisotopic (exact) mass is 408 g/mol. The molecule has 1 aliphatic rings. The Labute approximate surface area is 169 Å². The molecular formula is C22H27F3N2O2. The Kier molecular flexibility index (Phi) is 7.03. The van der Waals surface area contributed by atoms with Crippen molar-refractivity contribution in [3.8, 4) is 11.5 Å². The van der Waals surface area contributed by atoms with Crippen LogP contribution in [0, 0.1) is 0 Å². The van der Waals surface area contributed by atoms with Crippen LogP contribution in [0.2, 0.25) is 0 Å². The fourth-order valence-electron chi connectivity index (χ4n) is 3.84. The summed E-state index contributed by atoms with van der Waals surface area (Å²) in [5, 5.41) is 3.32. The number of ether oxygens (including phenoxy) is 2. The van der Waals surface area contributed by atoms with Crippen molar-refractivity contribution in [3.63, 3.8) is 0 Å². The molecule has 4 nitrogen and oxygen atoms in total. The number of halogens is 3. The Morgan fingerprint density at radius 3 is 2.59 bits per heavy atom. The quantitative estimate of drug-likeness (QED) is 0.763. The van der Waals surface area contributed by atoms with Gasteiger partial charge in [-0.3, -0.25) is 4.90 Å². The van der Waals surface area contributed by atoms with E-state index < -0.39 is 17.8 Å². The van der Waals surface area contributed by atoms with Crippen molar-refractivity contribution in [3.05, 3.63) is 59.2 Å². The van der Waals surface area contributed by atoms with Crippen molar-refractivity contribution in [2.24, 2.45) is 0 Å². The van der Waals surface area contributed by atoms with E-state index in [-0.39, 0.29) is 5.56 Å². The maximum Gasteiger partial charge on any atom is 0.416 e. The van der Waals surface area contributed by atoms with Crippen LogP contribution in [-0.2, 0) is 6.18 Å². The number of benzene rings is 2. The normalized spacial score (nSPS) is 16.9. The van der Waals surface area contributed by atoms with Gasteiger partial charge in [0, 0.05) is 19.6 Å². The second-order valence-corrected chi connectivity index (χ2v) is 6.97. The van der Waals surface area contributed by atoms with Gasteiger partial charge in [0.2, 0.25) is 0 Å². The van der Waals surface area contributed by atoms with Crippen molar-refractivity contribution >= 4 is 0 Å². The predicted octanol–water partition coefficient (Wildman–Crippen LogP) is 4.50. The lowest BCUT2D eigenvalue weighted by molar-refractivity contribution is -0.138. The van der Waals surface area contributed by atoms with Gasteiger partial charge in [-0.05, 0) is 49.2 Å². The Morgan fingerprint density at radius 2 is 1.86 bits per heavy atom. The number of hydrogen-bond donors (Lipinski definition) is 1. The van der Waals surface area contributed by atoms with E-state index >= 15 is 0 Å². The Hall–Kier alpha value is -2.25. The molecule has 29 heavy (non-hydrogen) atoms. The molecule has 1 fully saturated rings. The van der Waals surface area contributed by atoms with E-state index in [0.717, 1.165) is 31.1 Å². The highest BCUT2D eigenvalue weighted by Crippen LogP contribution is 2.41. The third-order valence-electron chi connectivity index (χ3n) is 5.10. The zero-order chi connectivity index (χ0) is 20.9. The van der Waals surface area contributed by atoms with Crippen LogP contribution in [0.15, 0.2) is 42.5 Å². The number of nitrogens with one attached hydrogen (secondary N) is 1. The Bertz CT molecular complexity index is 803. The minimum Gasteiger partial charge on any atom is -0.493 e. The van der Waals surface area contributed by atoms with Crippen LogP contribution in [0.3, 0.4) is 0 Å². The molecule has 3 rings (SSSR count). The molecule has 0 amide bonds. The first-order valence-corrected chi connectivity index (χ1v) is 9.87. The lowest BCUT2D eigenvalue weighted by atomic mass is 9.92. The third kappa shape index (κ3) is 5.03. The zero-order valence-corrected chi connectivity index (χ0v) is 16.8. The molecule has 0 aromatic heterocycles. The van der Waals surface area contributed by atoms with Gasteiger partial charge >= 0.3 is 6.18 Å². The summed E-state index contributed by atoms with van der Waals surface area (Å²) in [6.45, 7) is 5.27. The van der Waals surface area contributed by atoms with Crippen LogP contribution in [0.4, 0.5) is 13.2 Å². The summed E-state index contributed by atoms with van der Waals surface area (Å²) in [5.74, 6) is 1.10. The molecule has 1 aliphatic heterocycles. The van der Waals surface area contributed by atoms with Gasteiger partial charge in [-0.25, -0.2) is 0 Å². The Balaban J connectivity index is 2.14. The molecule has 158 valence electrons. The molecule has 1 heterocycles. The van der Waals surface area contributed by atoms with E-state index in [1.807, 2.05) is 13.0 Å². The minimum atomic E-state index is -4.42. The average Bonchev–Trinajstić information content (AvgIpc) is 2.98. The fraction of sp³-hybridized carbons (Fsp3) is 0.455. The summed E-state index contributed by atoms with van der Waals surface area (Å²) >= 11 is 0. The molecule has 2 aromatic rings. The number of rotatable bonds is 6. The molecule has 0 saturated carbocycles. The molecule has 0 spiro atoms. The van der Waals surface area contributed by atoms with Crippen molar-refractivity contribution < 1.29 is 22.6 Å². The van der Waals surface area contributed by atoms with Crippen LogP contribution in [0.25, 0.3) is 0 Å². The molecule has 0 radical (unpaired) electrons. The Morgan fingerprint density at radius 1 is 1.07 bits per heavy atom. The minimum absolute atomic E-state index is 0.259. The highest BCUT2D eigenvalue weighted by atomic mass is 19.4. The fourth-order valence-corrected chi connectivity index (χ4v) is 3.84. The first-order valence-electron chi connectivity index (χ1n) is 9.87. The molecule has 0 aliphatic carbocycles. The lowest BCUT2D eigenvalue weighted by Gasteiger charge is -2.33. The van der Waals surface area contributed by atoms with Gasteiger partial charge in [-0.15, -0.1) is 0 Å². The number of alkyl halides is 3. The standard InChI is InChI=1S/C22H27F3N2O2/c1-3-29-20-15-16(9-10-19(20)28-2)21(27-13-6-11-26-12-14-27)17-7-4-5-8-18(17)22(23,24)25/h4-5,7-10,15,21,26H,3,6,11-14H2,1-2H3. The van der Waals surface area contributed by atoms with Gasteiger partial charge < -0.3 is 14.8 Å². The predicted molar refractivity (Wildman–Crippen MR) is 107 cm³/mol. The lowest BCUT2D eigenvalue weighted by Crippen LogP contribution is -2.34. The SMILES string of the molecule is CCOc1cc(C(c2ccccc2C(F)(F)F)N2CCCNCC2)ccc1OC. The van der Waals surface area contributed by atoms with Crippen molar-refractivity contribution in [1.82, 2.24) is 10.2 Å². The van der Waals surface area contributed by atoms with Crippen LogP contribution in [0.5, 0.6) is 11.5 Å². The largest absolute Gasteiger partial charge is 0.493 e. The number of nitrogens with zero attached hydrogens (tertiary/aromatic N) is 1. The second kappa shape index (κ2) is 9.50. The van der Waals surface area contributed by atoms with Gasteiger partial charge in [0.15, 0.2) is 11.5 Å². The maximum absolute atomic E-state index is 13.8. The third-order valence-corrected chi connectivity index (χ3v) is 5.10. The molecule has 1 N–H and O–H groups in total. The summed E-state index contributed by atoms with van der Waals surface area (Å²) in [5.41, 5.74) is 0.415. The smallest absolute Gasteiger partial charge is 0.416 e. The van der Waals surface area contributed by atoms with Gasteiger partial charge in [0.25, 0.3) is 0 Å². The summed E-state index contributed by atoms with van der Waals surface area (Å²) in [4.78, 5) is 2.11. The van der Waals surface area contributed by atoms with Crippen LogP contribution in [-0.4, -0.2) is 44.8 Å².